The Morgan fingerprint density at radius 3 is 2.31 bits per heavy atom. The van der Waals surface area contributed by atoms with E-state index in [1.165, 1.54) is 12.1 Å². The van der Waals surface area contributed by atoms with Gasteiger partial charge in [0.2, 0.25) is 0 Å². The number of nitro benzene ring substituents is 1. The van der Waals surface area contributed by atoms with E-state index in [0.29, 0.717) is 37.5 Å². The first-order valence-electron chi connectivity index (χ1n) is 8.43. The molecule has 136 valence electrons. The lowest BCUT2D eigenvalue weighted by Gasteiger charge is -2.36. The summed E-state index contributed by atoms with van der Waals surface area (Å²) in [5, 5.41) is 10.8. The van der Waals surface area contributed by atoms with Crippen LogP contribution in [-0.2, 0) is 0 Å². The molecule has 1 fully saturated rings. The van der Waals surface area contributed by atoms with Crippen molar-refractivity contribution in [1.29, 1.82) is 0 Å². The van der Waals surface area contributed by atoms with Crippen molar-refractivity contribution in [3.05, 3.63) is 63.7 Å². The first-order chi connectivity index (χ1) is 12.5. The van der Waals surface area contributed by atoms with Crippen LogP contribution in [0.1, 0.15) is 15.9 Å². The van der Waals surface area contributed by atoms with Gasteiger partial charge in [-0.05, 0) is 30.7 Å². The van der Waals surface area contributed by atoms with Crippen molar-refractivity contribution in [3.8, 4) is 5.75 Å². The molecule has 1 amide bonds. The van der Waals surface area contributed by atoms with Gasteiger partial charge in [0, 0.05) is 44.0 Å². The standard InChI is InChI=1S/C19H21N3O4/c1-14-4-3-5-17(18(14)26-2)19(23)21-12-10-20(11-13-21)15-6-8-16(9-7-15)22(24)25/h3-9H,10-13H2,1-2H3. The molecule has 1 aliphatic heterocycles. The van der Waals surface area contributed by atoms with Crippen LogP contribution in [0.25, 0.3) is 0 Å². The van der Waals surface area contributed by atoms with Crippen LogP contribution in [0.5, 0.6) is 5.75 Å². The maximum atomic E-state index is 12.8. The fraction of sp³-hybridized carbons (Fsp3) is 0.316. The predicted molar refractivity (Wildman–Crippen MR) is 98.9 cm³/mol. The zero-order valence-electron chi connectivity index (χ0n) is 14.8. The molecule has 0 unspecified atom stereocenters. The molecule has 0 aliphatic carbocycles. The molecule has 2 aromatic rings. The van der Waals surface area contributed by atoms with E-state index in [2.05, 4.69) is 4.90 Å². The van der Waals surface area contributed by atoms with Gasteiger partial charge in [-0.25, -0.2) is 0 Å². The van der Waals surface area contributed by atoms with Gasteiger partial charge in [-0.15, -0.1) is 0 Å². The first kappa shape index (κ1) is 17.7. The Labute approximate surface area is 151 Å². The number of aryl methyl sites for hydroxylation is 1. The number of carbonyl (C=O) groups is 1. The van der Waals surface area contributed by atoms with Crippen LogP contribution >= 0.6 is 0 Å². The largest absolute Gasteiger partial charge is 0.496 e. The number of nitrogens with zero attached hydrogens (tertiary/aromatic N) is 3. The molecule has 0 aromatic heterocycles. The monoisotopic (exact) mass is 355 g/mol. The third-order valence-corrected chi connectivity index (χ3v) is 4.64. The molecule has 2 aromatic carbocycles. The van der Waals surface area contributed by atoms with Gasteiger partial charge in [0.25, 0.3) is 11.6 Å². The number of amides is 1. The lowest BCUT2D eigenvalue weighted by atomic mass is 10.1. The molecular formula is C19H21N3O4. The highest BCUT2D eigenvalue weighted by Gasteiger charge is 2.25. The summed E-state index contributed by atoms with van der Waals surface area (Å²) < 4.78 is 5.40. The molecule has 0 atom stereocenters. The number of benzene rings is 2. The molecule has 0 radical (unpaired) electrons. The van der Waals surface area contributed by atoms with E-state index in [9.17, 15) is 14.9 Å². The van der Waals surface area contributed by atoms with Crippen molar-refractivity contribution < 1.29 is 14.5 Å². The number of rotatable bonds is 4. The fourth-order valence-electron chi connectivity index (χ4n) is 3.22. The second-order valence-electron chi connectivity index (χ2n) is 6.21. The Bertz CT molecular complexity index is 812. The van der Waals surface area contributed by atoms with E-state index in [4.69, 9.17) is 4.74 Å². The lowest BCUT2D eigenvalue weighted by molar-refractivity contribution is -0.384. The van der Waals surface area contributed by atoms with Crippen LogP contribution in [0.4, 0.5) is 11.4 Å². The number of para-hydroxylation sites is 1. The van der Waals surface area contributed by atoms with Gasteiger partial charge in [-0.2, -0.15) is 0 Å². The molecule has 26 heavy (non-hydrogen) atoms. The normalized spacial score (nSPS) is 14.2. The van der Waals surface area contributed by atoms with Gasteiger partial charge < -0.3 is 14.5 Å². The number of hydrogen-bond donors (Lipinski definition) is 0. The Morgan fingerprint density at radius 2 is 1.73 bits per heavy atom. The Morgan fingerprint density at radius 1 is 1.08 bits per heavy atom. The second kappa shape index (κ2) is 7.43. The summed E-state index contributed by atoms with van der Waals surface area (Å²) in [6.07, 6.45) is 0. The molecule has 0 spiro atoms. The topological polar surface area (TPSA) is 75.9 Å². The molecule has 1 heterocycles. The zero-order chi connectivity index (χ0) is 18.7. The van der Waals surface area contributed by atoms with Crippen molar-refractivity contribution in [2.24, 2.45) is 0 Å². The molecule has 3 rings (SSSR count). The van der Waals surface area contributed by atoms with E-state index in [-0.39, 0.29) is 11.6 Å². The average molecular weight is 355 g/mol. The summed E-state index contributed by atoms with van der Waals surface area (Å²) in [6, 6.07) is 12.1. The van der Waals surface area contributed by atoms with Gasteiger partial charge in [0.1, 0.15) is 5.75 Å². The molecule has 1 aliphatic rings. The van der Waals surface area contributed by atoms with Crippen molar-refractivity contribution in [3.63, 3.8) is 0 Å². The Hall–Kier alpha value is -3.09. The number of piperazine rings is 1. The van der Waals surface area contributed by atoms with E-state index in [0.717, 1.165) is 11.3 Å². The molecule has 0 saturated carbocycles. The van der Waals surface area contributed by atoms with Crippen LogP contribution in [-0.4, -0.2) is 49.0 Å². The summed E-state index contributed by atoms with van der Waals surface area (Å²) in [5.74, 6) is 0.587. The van der Waals surface area contributed by atoms with Gasteiger partial charge in [-0.1, -0.05) is 12.1 Å². The maximum absolute atomic E-state index is 12.8. The van der Waals surface area contributed by atoms with Gasteiger partial charge in [-0.3, -0.25) is 14.9 Å². The number of ether oxygens (including phenoxy) is 1. The number of non-ortho nitro benzene ring substituents is 1. The molecule has 1 saturated heterocycles. The first-order valence-corrected chi connectivity index (χ1v) is 8.43. The lowest BCUT2D eigenvalue weighted by Crippen LogP contribution is -2.48. The summed E-state index contributed by atoms with van der Waals surface area (Å²) in [7, 11) is 1.58. The van der Waals surface area contributed by atoms with Gasteiger partial charge >= 0.3 is 0 Å². The maximum Gasteiger partial charge on any atom is 0.269 e. The van der Waals surface area contributed by atoms with E-state index in [1.807, 2.05) is 24.0 Å². The summed E-state index contributed by atoms with van der Waals surface area (Å²) in [5.41, 5.74) is 2.52. The average Bonchev–Trinajstić information content (AvgIpc) is 2.67. The second-order valence-corrected chi connectivity index (χ2v) is 6.21. The van der Waals surface area contributed by atoms with Crippen molar-refractivity contribution >= 4 is 17.3 Å². The quantitative estimate of drug-likeness (QED) is 0.623. The van der Waals surface area contributed by atoms with E-state index >= 15 is 0 Å². The molecule has 0 bridgehead atoms. The predicted octanol–water partition coefficient (Wildman–Crippen LogP) is 2.87. The summed E-state index contributed by atoms with van der Waals surface area (Å²) >= 11 is 0. The fourth-order valence-corrected chi connectivity index (χ4v) is 3.22. The van der Waals surface area contributed by atoms with Crippen LogP contribution in [0, 0.1) is 17.0 Å². The number of nitro groups is 1. The Kier molecular flexibility index (Phi) is 5.06. The summed E-state index contributed by atoms with van der Waals surface area (Å²) in [6.45, 7) is 4.46. The molecular weight excluding hydrogens is 334 g/mol. The van der Waals surface area contributed by atoms with Crippen molar-refractivity contribution in [2.45, 2.75) is 6.92 Å². The zero-order valence-corrected chi connectivity index (χ0v) is 14.8. The number of methoxy groups -OCH3 is 1. The minimum absolute atomic E-state index is 0.0334. The SMILES string of the molecule is COc1c(C)cccc1C(=O)N1CCN(c2ccc([N+](=O)[O-])cc2)CC1. The van der Waals surface area contributed by atoms with E-state index < -0.39 is 4.92 Å². The van der Waals surface area contributed by atoms with Crippen LogP contribution in [0.3, 0.4) is 0 Å². The van der Waals surface area contributed by atoms with Crippen LogP contribution in [0.2, 0.25) is 0 Å². The number of carbonyl (C=O) groups excluding carboxylic acids is 1. The third kappa shape index (κ3) is 3.46. The number of hydrogen-bond acceptors (Lipinski definition) is 5. The van der Waals surface area contributed by atoms with Crippen molar-refractivity contribution in [1.82, 2.24) is 4.90 Å². The minimum atomic E-state index is -0.407. The Balaban J connectivity index is 1.67. The molecule has 0 N–H and O–H groups in total. The summed E-state index contributed by atoms with van der Waals surface area (Å²) in [4.78, 5) is 27.1. The highest BCUT2D eigenvalue weighted by molar-refractivity contribution is 5.97. The molecule has 7 heteroatoms. The van der Waals surface area contributed by atoms with E-state index in [1.54, 1.807) is 25.3 Å². The third-order valence-electron chi connectivity index (χ3n) is 4.64. The molecule has 7 nitrogen and oxygen atoms in total. The van der Waals surface area contributed by atoms with Crippen molar-refractivity contribution in [2.75, 3.05) is 38.2 Å². The highest BCUT2D eigenvalue weighted by atomic mass is 16.6. The number of anilines is 1. The minimum Gasteiger partial charge on any atom is -0.496 e. The smallest absolute Gasteiger partial charge is 0.269 e. The highest BCUT2D eigenvalue weighted by Crippen LogP contribution is 2.26. The van der Waals surface area contributed by atoms with Gasteiger partial charge in [0.05, 0.1) is 17.6 Å². The van der Waals surface area contributed by atoms with Gasteiger partial charge in [0.15, 0.2) is 0 Å². The van der Waals surface area contributed by atoms with Crippen LogP contribution < -0.4 is 9.64 Å². The van der Waals surface area contributed by atoms with Crippen LogP contribution in [0.15, 0.2) is 42.5 Å².